The number of ether oxygens (including phenoxy) is 1. The molecule has 0 aromatic heterocycles. The molecular weight excluding hydrogens is 366 g/mol. The number of carbonyl (C=O) groups excluding carboxylic acids is 1. The van der Waals surface area contributed by atoms with Crippen molar-refractivity contribution in [1.29, 1.82) is 5.26 Å². The summed E-state index contributed by atoms with van der Waals surface area (Å²) in [6, 6.07) is 13.8. The van der Waals surface area contributed by atoms with E-state index in [1.807, 2.05) is 43.3 Å². The minimum atomic E-state index is -0.591. The van der Waals surface area contributed by atoms with Gasteiger partial charge in [-0.25, -0.2) is 4.79 Å². The number of hydrogen-bond acceptors (Lipinski definition) is 4. The van der Waals surface area contributed by atoms with Gasteiger partial charge in [-0.2, -0.15) is 5.26 Å². The SMILES string of the molecule is CCOC(=O)C(C#N)=Cc1cc(CSc2ccc(Cl)cc2)c(C)cc1C. The summed E-state index contributed by atoms with van der Waals surface area (Å²) in [6.07, 6.45) is 1.60. The molecule has 26 heavy (non-hydrogen) atoms. The van der Waals surface area contributed by atoms with Crippen LogP contribution in [-0.4, -0.2) is 12.6 Å². The lowest BCUT2D eigenvalue weighted by Gasteiger charge is -2.11. The van der Waals surface area contributed by atoms with Crippen LogP contribution in [0.1, 0.15) is 29.2 Å². The molecule has 5 heteroatoms. The number of nitriles is 1. The number of rotatable bonds is 6. The van der Waals surface area contributed by atoms with E-state index in [0.29, 0.717) is 0 Å². The Morgan fingerprint density at radius 3 is 2.54 bits per heavy atom. The highest BCUT2D eigenvalue weighted by Gasteiger charge is 2.12. The predicted molar refractivity (Wildman–Crippen MR) is 107 cm³/mol. The Bertz CT molecular complexity index is 867. The number of thioether (sulfide) groups is 1. The molecule has 2 aromatic carbocycles. The minimum Gasteiger partial charge on any atom is -0.462 e. The van der Waals surface area contributed by atoms with Gasteiger partial charge >= 0.3 is 5.97 Å². The first-order valence-electron chi connectivity index (χ1n) is 8.22. The third-order valence-electron chi connectivity index (χ3n) is 3.85. The lowest BCUT2D eigenvalue weighted by atomic mass is 9.99. The van der Waals surface area contributed by atoms with Gasteiger partial charge in [0.25, 0.3) is 0 Å². The van der Waals surface area contributed by atoms with Crippen LogP contribution in [0.15, 0.2) is 46.9 Å². The van der Waals surface area contributed by atoms with E-state index in [1.165, 1.54) is 5.56 Å². The first kappa shape index (κ1) is 20.1. The van der Waals surface area contributed by atoms with E-state index in [9.17, 15) is 10.1 Å². The Balaban J connectivity index is 2.26. The average Bonchev–Trinajstić information content (AvgIpc) is 2.61. The molecule has 0 amide bonds. The van der Waals surface area contributed by atoms with Crippen molar-refractivity contribution in [3.8, 4) is 6.07 Å². The summed E-state index contributed by atoms with van der Waals surface area (Å²) in [6.45, 7) is 5.99. The molecule has 2 rings (SSSR count). The van der Waals surface area contributed by atoms with E-state index in [4.69, 9.17) is 16.3 Å². The highest BCUT2D eigenvalue weighted by atomic mass is 35.5. The summed E-state index contributed by atoms with van der Waals surface area (Å²) in [4.78, 5) is 13.0. The van der Waals surface area contributed by atoms with Gasteiger partial charge in [-0.1, -0.05) is 23.7 Å². The largest absolute Gasteiger partial charge is 0.462 e. The number of carbonyl (C=O) groups is 1. The molecule has 0 atom stereocenters. The molecule has 0 spiro atoms. The number of hydrogen-bond donors (Lipinski definition) is 0. The summed E-state index contributed by atoms with van der Waals surface area (Å²) in [5.74, 6) is 0.197. The number of benzene rings is 2. The molecule has 3 nitrogen and oxygen atoms in total. The summed E-state index contributed by atoms with van der Waals surface area (Å²) < 4.78 is 4.93. The number of esters is 1. The number of nitrogens with zero attached hydrogens (tertiary/aromatic N) is 1. The van der Waals surface area contributed by atoms with Crippen molar-refractivity contribution in [1.82, 2.24) is 0 Å². The highest BCUT2D eigenvalue weighted by Crippen LogP contribution is 2.28. The van der Waals surface area contributed by atoms with Crippen molar-refractivity contribution in [2.75, 3.05) is 6.61 Å². The van der Waals surface area contributed by atoms with Crippen molar-refractivity contribution >= 4 is 35.4 Å². The summed E-state index contributed by atoms with van der Waals surface area (Å²) >= 11 is 7.64. The molecule has 0 heterocycles. The third kappa shape index (κ3) is 5.39. The zero-order valence-corrected chi connectivity index (χ0v) is 16.6. The molecule has 0 radical (unpaired) electrons. The molecule has 0 aliphatic heterocycles. The molecule has 0 fully saturated rings. The van der Waals surface area contributed by atoms with Crippen LogP contribution in [0.5, 0.6) is 0 Å². The van der Waals surface area contributed by atoms with Crippen LogP contribution in [-0.2, 0) is 15.3 Å². The van der Waals surface area contributed by atoms with E-state index in [0.717, 1.165) is 32.4 Å². The molecule has 0 aliphatic rings. The zero-order valence-electron chi connectivity index (χ0n) is 15.0. The van der Waals surface area contributed by atoms with Crippen molar-refractivity contribution in [2.24, 2.45) is 0 Å². The van der Waals surface area contributed by atoms with Crippen LogP contribution in [0.4, 0.5) is 0 Å². The molecule has 0 bridgehead atoms. The van der Waals surface area contributed by atoms with Gasteiger partial charge in [0.1, 0.15) is 11.6 Å². The number of aryl methyl sites for hydroxylation is 2. The van der Waals surface area contributed by atoms with Gasteiger partial charge in [0, 0.05) is 15.7 Å². The standard InChI is InChI=1S/C21H20ClNO2S/c1-4-25-21(24)17(12-23)10-16-11-18(15(3)9-14(16)2)13-26-20-7-5-19(22)6-8-20/h5-11H,4,13H2,1-3H3. The molecule has 0 aliphatic carbocycles. The maximum Gasteiger partial charge on any atom is 0.348 e. The van der Waals surface area contributed by atoms with Crippen molar-refractivity contribution in [3.05, 3.63) is 69.2 Å². The van der Waals surface area contributed by atoms with Gasteiger partial charge < -0.3 is 4.74 Å². The second-order valence-electron chi connectivity index (χ2n) is 5.77. The molecule has 0 saturated carbocycles. The van der Waals surface area contributed by atoms with Crippen LogP contribution < -0.4 is 0 Å². The molecule has 0 saturated heterocycles. The van der Waals surface area contributed by atoms with Gasteiger partial charge in [0.05, 0.1) is 6.61 Å². The Kier molecular flexibility index (Phi) is 7.32. The van der Waals surface area contributed by atoms with Gasteiger partial charge in [-0.15, -0.1) is 11.8 Å². The van der Waals surface area contributed by atoms with Crippen LogP contribution in [0, 0.1) is 25.2 Å². The third-order valence-corrected chi connectivity index (χ3v) is 5.16. The lowest BCUT2D eigenvalue weighted by Crippen LogP contribution is -2.06. The Hall–Kier alpha value is -2.22. The summed E-state index contributed by atoms with van der Waals surface area (Å²) in [5.41, 5.74) is 4.21. The first-order chi connectivity index (χ1) is 12.4. The Morgan fingerprint density at radius 2 is 1.92 bits per heavy atom. The quantitative estimate of drug-likeness (QED) is 0.276. The molecule has 0 unspecified atom stereocenters. The van der Waals surface area contributed by atoms with E-state index >= 15 is 0 Å². The average molecular weight is 386 g/mol. The first-order valence-corrected chi connectivity index (χ1v) is 9.58. The predicted octanol–water partition coefficient (Wildman–Crippen LogP) is 5.72. The molecule has 134 valence electrons. The van der Waals surface area contributed by atoms with Gasteiger partial charge in [0.2, 0.25) is 0 Å². The summed E-state index contributed by atoms with van der Waals surface area (Å²) in [5, 5.41) is 9.96. The van der Waals surface area contributed by atoms with Crippen molar-refractivity contribution < 1.29 is 9.53 Å². The van der Waals surface area contributed by atoms with Crippen LogP contribution in [0.2, 0.25) is 5.02 Å². The number of halogens is 1. The van der Waals surface area contributed by atoms with Crippen LogP contribution in [0.3, 0.4) is 0 Å². The zero-order chi connectivity index (χ0) is 19.1. The summed E-state index contributed by atoms with van der Waals surface area (Å²) in [7, 11) is 0. The van der Waals surface area contributed by atoms with E-state index in [1.54, 1.807) is 24.8 Å². The molecule has 2 aromatic rings. The monoisotopic (exact) mass is 385 g/mol. The second-order valence-corrected chi connectivity index (χ2v) is 7.25. The van der Waals surface area contributed by atoms with E-state index in [2.05, 4.69) is 13.0 Å². The highest BCUT2D eigenvalue weighted by molar-refractivity contribution is 7.98. The Labute approximate surface area is 163 Å². The fraction of sp³-hybridized carbons (Fsp3) is 0.238. The van der Waals surface area contributed by atoms with Gasteiger partial charge in [-0.05, 0) is 73.4 Å². The Morgan fingerprint density at radius 1 is 1.23 bits per heavy atom. The smallest absolute Gasteiger partial charge is 0.348 e. The normalized spacial score (nSPS) is 11.1. The molecular formula is C21H20ClNO2S. The topological polar surface area (TPSA) is 50.1 Å². The maximum atomic E-state index is 11.9. The maximum absolute atomic E-state index is 11.9. The minimum absolute atomic E-state index is 0.00936. The fourth-order valence-corrected chi connectivity index (χ4v) is 3.51. The fourth-order valence-electron chi connectivity index (χ4n) is 2.42. The van der Waals surface area contributed by atoms with Crippen LogP contribution >= 0.6 is 23.4 Å². The van der Waals surface area contributed by atoms with Crippen molar-refractivity contribution in [2.45, 2.75) is 31.4 Å². The molecule has 0 N–H and O–H groups in total. The van der Waals surface area contributed by atoms with E-state index < -0.39 is 5.97 Å². The van der Waals surface area contributed by atoms with Crippen LogP contribution in [0.25, 0.3) is 6.08 Å². The van der Waals surface area contributed by atoms with E-state index in [-0.39, 0.29) is 12.2 Å². The van der Waals surface area contributed by atoms with Gasteiger partial charge in [0.15, 0.2) is 0 Å². The van der Waals surface area contributed by atoms with Crippen molar-refractivity contribution in [3.63, 3.8) is 0 Å². The lowest BCUT2D eigenvalue weighted by molar-refractivity contribution is -0.137. The van der Waals surface area contributed by atoms with Gasteiger partial charge in [-0.3, -0.25) is 0 Å². The second kappa shape index (κ2) is 9.47.